The molecule has 0 aromatic carbocycles. The van der Waals surface area contributed by atoms with Crippen molar-refractivity contribution < 1.29 is 4.52 Å². The predicted molar refractivity (Wildman–Crippen MR) is 79.3 cm³/mol. The molecule has 0 radical (unpaired) electrons. The summed E-state index contributed by atoms with van der Waals surface area (Å²) in [5.41, 5.74) is 6.87. The van der Waals surface area contributed by atoms with Gasteiger partial charge in [-0.2, -0.15) is 16.3 Å². The van der Waals surface area contributed by atoms with Crippen LogP contribution in [0, 0.1) is 5.92 Å². The van der Waals surface area contributed by atoms with Crippen LogP contribution in [0.2, 0.25) is 0 Å². The molecule has 0 spiro atoms. The molecule has 20 heavy (non-hydrogen) atoms. The lowest BCUT2D eigenvalue weighted by Crippen LogP contribution is -2.37. The molecule has 2 heterocycles. The summed E-state index contributed by atoms with van der Waals surface area (Å²) in [6.07, 6.45) is 3.71. The van der Waals surface area contributed by atoms with Gasteiger partial charge in [0.15, 0.2) is 0 Å². The molecule has 1 aliphatic carbocycles. The molecule has 0 bridgehead atoms. The standard InChI is InChI=1S/C14H20N4OS/c1-18(12-4-2-3-10(12)7-15)8-13-16-14(17-19-13)11-5-6-20-9-11/h5-6,9-10,12H,2-4,7-8,15H2,1H3. The Morgan fingerprint density at radius 1 is 1.50 bits per heavy atom. The molecule has 3 rings (SSSR count). The third-order valence-corrected chi connectivity index (χ3v) is 4.80. The van der Waals surface area contributed by atoms with Gasteiger partial charge < -0.3 is 10.3 Å². The van der Waals surface area contributed by atoms with Gasteiger partial charge in [-0.3, -0.25) is 4.90 Å². The molecule has 108 valence electrons. The maximum Gasteiger partial charge on any atom is 0.241 e. The van der Waals surface area contributed by atoms with E-state index in [1.807, 2.05) is 16.8 Å². The average Bonchev–Trinajstić information content (AvgIpc) is 3.19. The Kier molecular flexibility index (Phi) is 4.14. The molecule has 1 fully saturated rings. The lowest BCUT2D eigenvalue weighted by atomic mass is 10.0. The second-order valence-electron chi connectivity index (χ2n) is 5.43. The molecule has 0 saturated heterocycles. The van der Waals surface area contributed by atoms with Gasteiger partial charge in [0.05, 0.1) is 6.54 Å². The number of hydrogen-bond donors (Lipinski definition) is 1. The summed E-state index contributed by atoms with van der Waals surface area (Å²) in [6.45, 7) is 1.46. The van der Waals surface area contributed by atoms with Crippen LogP contribution < -0.4 is 5.73 Å². The molecule has 1 aliphatic rings. The van der Waals surface area contributed by atoms with E-state index in [1.54, 1.807) is 11.3 Å². The van der Waals surface area contributed by atoms with Crippen molar-refractivity contribution in [2.45, 2.75) is 31.8 Å². The van der Waals surface area contributed by atoms with Crippen molar-refractivity contribution in [3.8, 4) is 11.4 Å². The highest BCUT2D eigenvalue weighted by Gasteiger charge is 2.30. The zero-order valence-electron chi connectivity index (χ0n) is 11.7. The lowest BCUT2D eigenvalue weighted by Gasteiger charge is -2.27. The van der Waals surface area contributed by atoms with Crippen molar-refractivity contribution in [3.63, 3.8) is 0 Å². The van der Waals surface area contributed by atoms with Crippen molar-refractivity contribution in [1.29, 1.82) is 0 Å². The van der Waals surface area contributed by atoms with E-state index >= 15 is 0 Å². The first-order chi connectivity index (χ1) is 9.78. The van der Waals surface area contributed by atoms with Gasteiger partial charge in [0.25, 0.3) is 0 Å². The van der Waals surface area contributed by atoms with E-state index in [4.69, 9.17) is 10.3 Å². The summed E-state index contributed by atoms with van der Waals surface area (Å²) in [5, 5.41) is 8.09. The molecule has 2 unspecified atom stereocenters. The maximum atomic E-state index is 5.85. The third kappa shape index (κ3) is 2.77. The summed E-state index contributed by atoms with van der Waals surface area (Å²) < 4.78 is 5.36. The molecule has 1 saturated carbocycles. The van der Waals surface area contributed by atoms with Crippen molar-refractivity contribution in [2.24, 2.45) is 11.7 Å². The molecule has 2 aromatic rings. The van der Waals surface area contributed by atoms with Gasteiger partial charge in [-0.1, -0.05) is 11.6 Å². The van der Waals surface area contributed by atoms with Crippen LogP contribution in [0.3, 0.4) is 0 Å². The van der Waals surface area contributed by atoms with Crippen LogP contribution in [-0.4, -0.2) is 34.7 Å². The number of nitrogens with two attached hydrogens (primary N) is 1. The van der Waals surface area contributed by atoms with Crippen LogP contribution in [0.4, 0.5) is 0 Å². The van der Waals surface area contributed by atoms with Gasteiger partial charge in [-0.25, -0.2) is 0 Å². The fourth-order valence-electron chi connectivity index (χ4n) is 3.03. The van der Waals surface area contributed by atoms with Crippen LogP contribution in [0.1, 0.15) is 25.2 Å². The normalized spacial score (nSPS) is 22.8. The number of rotatable bonds is 5. The highest BCUT2D eigenvalue weighted by molar-refractivity contribution is 7.08. The molecule has 5 nitrogen and oxygen atoms in total. The number of aromatic nitrogens is 2. The summed E-state index contributed by atoms with van der Waals surface area (Å²) in [7, 11) is 2.12. The fourth-order valence-corrected chi connectivity index (χ4v) is 3.67. The van der Waals surface area contributed by atoms with Gasteiger partial charge in [0, 0.05) is 17.0 Å². The molecular weight excluding hydrogens is 272 g/mol. The third-order valence-electron chi connectivity index (χ3n) is 4.12. The first-order valence-electron chi connectivity index (χ1n) is 7.03. The second-order valence-corrected chi connectivity index (χ2v) is 6.21. The molecule has 0 aliphatic heterocycles. The molecule has 2 aromatic heterocycles. The first kappa shape index (κ1) is 13.7. The zero-order chi connectivity index (χ0) is 13.9. The predicted octanol–water partition coefficient (Wildman–Crippen LogP) is 2.36. The Balaban J connectivity index is 1.66. The average molecular weight is 292 g/mol. The maximum absolute atomic E-state index is 5.85. The monoisotopic (exact) mass is 292 g/mol. The summed E-state index contributed by atoms with van der Waals surface area (Å²) >= 11 is 1.64. The summed E-state index contributed by atoms with van der Waals surface area (Å²) in [6, 6.07) is 2.54. The Hall–Kier alpha value is -1.24. The Labute approximate surface area is 122 Å². The fraction of sp³-hybridized carbons (Fsp3) is 0.571. The van der Waals surface area contributed by atoms with E-state index in [1.165, 1.54) is 19.3 Å². The quantitative estimate of drug-likeness (QED) is 0.916. The van der Waals surface area contributed by atoms with Gasteiger partial charge in [-0.05, 0) is 43.8 Å². The molecule has 0 amide bonds. The van der Waals surface area contributed by atoms with E-state index in [2.05, 4.69) is 22.1 Å². The van der Waals surface area contributed by atoms with Crippen LogP contribution >= 0.6 is 11.3 Å². The van der Waals surface area contributed by atoms with Crippen molar-refractivity contribution in [3.05, 3.63) is 22.7 Å². The largest absolute Gasteiger partial charge is 0.338 e. The Morgan fingerprint density at radius 3 is 3.15 bits per heavy atom. The van der Waals surface area contributed by atoms with Gasteiger partial charge in [0.1, 0.15) is 0 Å². The van der Waals surface area contributed by atoms with Crippen molar-refractivity contribution >= 4 is 11.3 Å². The number of thiophene rings is 1. The minimum absolute atomic E-state index is 0.538. The van der Waals surface area contributed by atoms with E-state index in [9.17, 15) is 0 Å². The lowest BCUT2D eigenvalue weighted by molar-refractivity contribution is 0.171. The first-order valence-corrected chi connectivity index (χ1v) is 7.97. The van der Waals surface area contributed by atoms with Crippen molar-refractivity contribution in [2.75, 3.05) is 13.6 Å². The molecule has 2 N–H and O–H groups in total. The zero-order valence-corrected chi connectivity index (χ0v) is 12.5. The number of hydrogen-bond acceptors (Lipinski definition) is 6. The van der Waals surface area contributed by atoms with Crippen LogP contribution in [0.5, 0.6) is 0 Å². The van der Waals surface area contributed by atoms with E-state index in [-0.39, 0.29) is 0 Å². The van der Waals surface area contributed by atoms with Gasteiger partial charge in [0.2, 0.25) is 11.7 Å². The molecular formula is C14H20N4OS. The van der Waals surface area contributed by atoms with Crippen LogP contribution in [0.15, 0.2) is 21.3 Å². The van der Waals surface area contributed by atoms with Crippen molar-refractivity contribution in [1.82, 2.24) is 15.0 Å². The van der Waals surface area contributed by atoms with Crippen LogP contribution in [0.25, 0.3) is 11.4 Å². The van der Waals surface area contributed by atoms with E-state index in [0.717, 1.165) is 12.1 Å². The SMILES string of the molecule is CN(Cc1nc(-c2ccsc2)no1)C1CCCC1CN. The smallest absolute Gasteiger partial charge is 0.241 e. The van der Waals surface area contributed by atoms with Gasteiger partial charge in [-0.15, -0.1) is 0 Å². The number of nitrogens with zero attached hydrogens (tertiary/aromatic N) is 3. The van der Waals surface area contributed by atoms with E-state index < -0.39 is 0 Å². The highest BCUT2D eigenvalue weighted by atomic mass is 32.1. The summed E-state index contributed by atoms with van der Waals surface area (Å²) in [4.78, 5) is 6.77. The Bertz CT molecular complexity index is 539. The summed E-state index contributed by atoms with van der Waals surface area (Å²) in [5.74, 6) is 1.95. The Morgan fingerprint density at radius 2 is 2.40 bits per heavy atom. The van der Waals surface area contributed by atoms with Gasteiger partial charge >= 0.3 is 0 Å². The van der Waals surface area contributed by atoms with E-state index in [0.29, 0.717) is 30.2 Å². The second kappa shape index (κ2) is 6.03. The minimum atomic E-state index is 0.538. The highest BCUT2D eigenvalue weighted by Crippen LogP contribution is 2.29. The molecule has 2 atom stereocenters. The molecule has 6 heteroatoms. The van der Waals surface area contributed by atoms with Crippen LogP contribution in [-0.2, 0) is 6.54 Å². The topological polar surface area (TPSA) is 68.2 Å². The minimum Gasteiger partial charge on any atom is -0.338 e.